The van der Waals surface area contributed by atoms with Gasteiger partial charge < -0.3 is 25.0 Å². The Morgan fingerprint density at radius 2 is 1.84 bits per heavy atom. The Hall–Kier alpha value is -4.48. The number of amides is 5. The van der Waals surface area contributed by atoms with Crippen molar-refractivity contribution in [2.45, 2.75) is 113 Å². The second-order valence-electron chi connectivity index (χ2n) is 15.4. The van der Waals surface area contributed by atoms with Gasteiger partial charge in [-0.3, -0.25) is 19.3 Å². The van der Waals surface area contributed by atoms with E-state index in [1.54, 1.807) is 39.0 Å². The van der Waals surface area contributed by atoms with Gasteiger partial charge in [0.1, 0.15) is 45.2 Å². The standard InChI is InChI=1S/C37H43Cl2FN6O9S/c1-36(2,3)55-34(50)41-26-13-8-6-4-5-7-11-22-17-37(22,33(49)44-56(52,53)28-14-15-29(38)42-30(28)39)43-31(47)27-16-23(19-46(27)32(26)48)54-35(51)45-18-21-10-9-12-25(40)24(21)20-45/h7,9-12,14-15,22-23,26-27H,4-6,8,13,16-20H2,1-3H3,(H,41,50)(H,43,47)(H,44,49)/b11-7-/t22-,23+,26-,27-,37+/m0/s1. The minimum absolute atomic E-state index is 0.0330. The van der Waals surface area contributed by atoms with Crippen LogP contribution in [-0.4, -0.2) is 89.0 Å². The number of hydrogen-bond acceptors (Lipinski definition) is 10. The number of carbonyl (C=O) groups is 5. The van der Waals surface area contributed by atoms with Crippen LogP contribution in [0.5, 0.6) is 0 Å². The van der Waals surface area contributed by atoms with Gasteiger partial charge in [0.2, 0.25) is 11.8 Å². The normalized spacial score (nSPS) is 26.0. The van der Waals surface area contributed by atoms with Crippen molar-refractivity contribution >= 4 is 63.1 Å². The third-order valence-corrected chi connectivity index (χ3v) is 12.1. The van der Waals surface area contributed by atoms with Crippen LogP contribution >= 0.6 is 23.2 Å². The average Bonchev–Trinajstić information content (AvgIpc) is 3.40. The van der Waals surface area contributed by atoms with Gasteiger partial charge in [-0.05, 0) is 70.2 Å². The summed E-state index contributed by atoms with van der Waals surface area (Å²) in [4.78, 5) is 74.7. The summed E-state index contributed by atoms with van der Waals surface area (Å²) in [5.41, 5.74) is -1.62. The summed E-state index contributed by atoms with van der Waals surface area (Å²) < 4.78 is 54.4. The molecule has 0 radical (unpaired) electrons. The Bertz CT molecular complexity index is 2060. The molecule has 0 unspecified atom stereocenters. The largest absolute Gasteiger partial charge is 0.444 e. The van der Waals surface area contributed by atoms with Crippen LogP contribution in [0, 0.1) is 11.7 Å². The molecule has 19 heteroatoms. The summed E-state index contributed by atoms with van der Waals surface area (Å²) >= 11 is 11.9. The number of halogens is 3. The molecule has 5 atom stereocenters. The first-order valence-corrected chi connectivity index (χ1v) is 20.5. The molecule has 1 saturated carbocycles. The van der Waals surface area contributed by atoms with E-state index in [1.807, 2.05) is 10.8 Å². The number of benzene rings is 1. The van der Waals surface area contributed by atoms with Crippen LogP contribution < -0.4 is 15.4 Å². The lowest BCUT2D eigenvalue weighted by Gasteiger charge is -2.30. The molecule has 4 aliphatic rings. The summed E-state index contributed by atoms with van der Waals surface area (Å²) in [6.07, 6.45) is 3.52. The summed E-state index contributed by atoms with van der Waals surface area (Å²) in [5.74, 6) is -3.56. The highest BCUT2D eigenvalue weighted by atomic mass is 35.5. The van der Waals surface area contributed by atoms with Gasteiger partial charge in [-0.2, -0.15) is 0 Å². The Kier molecular flexibility index (Phi) is 11.9. The maximum absolute atomic E-state index is 14.5. The summed E-state index contributed by atoms with van der Waals surface area (Å²) in [6.45, 7) is 4.84. The zero-order valence-corrected chi connectivity index (χ0v) is 33.3. The maximum Gasteiger partial charge on any atom is 0.410 e. The highest BCUT2D eigenvalue weighted by Gasteiger charge is 2.62. The fraction of sp³-hybridized carbons (Fsp3) is 0.514. The summed E-state index contributed by atoms with van der Waals surface area (Å²) in [6, 6.07) is 4.39. The fourth-order valence-electron chi connectivity index (χ4n) is 7.21. The van der Waals surface area contributed by atoms with Gasteiger partial charge in [0, 0.05) is 24.4 Å². The van der Waals surface area contributed by atoms with Crippen molar-refractivity contribution in [2.24, 2.45) is 5.92 Å². The number of aromatic nitrogens is 1. The van der Waals surface area contributed by atoms with Gasteiger partial charge in [0.15, 0.2) is 5.15 Å². The predicted molar refractivity (Wildman–Crippen MR) is 200 cm³/mol. The number of nitrogens with zero attached hydrogens (tertiary/aromatic N) is 3. The first-order chi connectivity index (χ1) is 26.4. The van der Waals surface area contributed by atoms with Crippen molar-refractivity contribution in [1.29, 1.82) is 0 Å². The molecular weight excluding hydrogens is 794 g/mol. The van der Waals surface area contributed by atoms with Crippen molar-refractivity contribution in [1.82, 2.24) is 30.1 Å². The van der Waals surface area contributed by atoms with Gasteiger partial charge in [-0.1, -0.05) is 60.3 Å². The van der Waals surface area contributed by atoms with Gasteiger partial charge in [-0.25, -0.2) is 32.1 Å². The fourth-order valence-corrected chi connectivity index (χ4v) is 8.91. The molecule has 0 spiro atoms. The van der Waals surface area contributed by atoms with Crippen LogP contribution in [0.15, 0.2) is 47.4 Å². The first-order valence-electron chi connectivity index (χ1n) is 18.3. The maximum atomic E-state index is 14.5. The second-order valence-corrected chi connectivity index (χ2v) is 17.8. The topological polar surface area (TPSA) is 193 Å². The van der Waals surface area contributed by atoms with Crippen LogP contribution in [0.3, 0.4) is 0 Å². The highest BCUT2D eigenvalue weighted by Crippen LogP contribution is 2.46. The van der Waals surface area contributed by atoms with Crippen molar-refractivity contribution < 1.29 is 46.3 Å². The molecule has 56 heavy (non-hydrogen) atoms. The van der Waals surface area contributed by atoms with Crippen LogP contribution in [0.1, 0.15) is 76.8 Å². The summed E-state index contributed by atoms with van der Waals surface area (Å²) in [7, 11) is -4.59. The number of pyridine rings is 1. The Balaban J connectivity index is 1.27. The number of rotatable bonds is 5. The highest BCUT2D eigenvalue weighted by molar-refractivity contribution is 7.90. The number of nitrogens with one attached hydrogen (secondary N) is 3. The zero-order chi connectivity index (χ0) is 40.6. The zero-order valence-electron chi connectivity index (χ0n) is 31.0. The molecule has 1 aromatic heterocycles. The van der Waals surface area contributed by atoms with E-state index < -0.39 is 91.0 Å². The number of carbonyl (C=O) groups excluding carboxylic acids is 5. The number of ether oxygens (including phenoxy) is 2. The molecule has 1 saturated heterocycles. The number of fused-ring (bicyclic) bond motifs is 3. The second kappa shape index (κ2) is 16.2. The molecule has 0 bridgehead atoms. The first kappa shape index (κ1) is 41.2. The van der Waals surface area contributed by atoms with E-state index in [-0.39, 0.29) is 44.0 Å². The molecule has 6 rings (SSSR count). The third-order valence-electron chi connectivity index (χ3n) is 10.1. The molecule has 3 aliphatic heterocycles. The van der Waals surface area contributed by atoms with E-state index in [1.165, 1.54) is 21.9 Å². The summed E-state index contributed by atoms with van der Waals surface area (Å²) in [5, 5.41) is 4.84. The lowest BCUT2D eigenvalue weighted by atomic mass is 10.0. The minimum atomic E-state index is -4.59. The quantitative estimate of drug-likeness (QED) is 0.280. The molecule has 302 valence electrons. The molecule has 5 amide bonds. The molecule has 4 heterocycles. The van der Waals surface area contributed by atoms with E-state index in [0.29, 0.717) is 36.8 Å². The van der Waals surface area contributed by atoms with Gasteiger partial charge in [0.25, 0.3) is 15.9 Å². The van der Waals surface area contributed by atoms with E-state index in [9.17, 15) is 36.8 Å². The SMILES string of the molecule is CC(C)(C)OC(=O)N[C@H]1CCCCC/C=C\[C@H]2C[C@@]2(C(=O)NS(=O)(=O)c2ccc(Cl)nc2Cl)NC(=O)[C@@H]2C[C@@H](OC(=O)N3Cc4cccc(F)c4C3)CN2C1=O. The number of hydrogen-bond donors (Lipinski definition) is 3. The minimum Gasteiger partial charge on any atom is -0.444 e. The third kappa shape index (κ3) is 9.21. The molecule has 2 fully saturated rings. The van der Waals surface area contributed by atoms with Crippen molar-refractivity contribution in [3.8, 4) is 0 Å². The monoisotopic (exact) mass is 836 g/mol. The van der Waals surface area contributed by atoms with Crippen LogP contribution in [0.25, 0.3) is 0 Å². The molecule has 2 aromatic rings. The van der Waals surface area contributed by atoms with Crippen LogP contribution in [0.2, 0.25) is 10.3 Å². The van der Waals surface area contributed by atoms with Crippen LogP contribution in [0.4, 0.5) is 14.0 Å². The molecule has 1 aliphatic carbocycles. The predicted octanol–water partition coefficient (Wildman–Crippen LogP) is 4.74. The molecule has 1 aromatic carbocycles. The average molecular weight is 838 g/mol. The Labute approximate surface area is 333 Å². The molecule has 3 N–H and O–H groups in total. The van der Waals surface area contributed by atoms with Crippen molar-refractivity contribution in [2.75, 3.05) is 6.54 Å². The van der Waals surface area contributed by atoms with E-state index >= 15 is 0 Å². The smallest absolute Gasteiger partial charge is 0.410 e. The van der Waals surface area contributed by atoms with E-state index in [4.69, 9.17) is 32.7 Å². The van der Waals surface area contributed by atoms with Gasteiger partial charge in [-0.15, -0.1) is 0 Å². The van der Waals surface area contributed by atoms with Gasteiger partial charge in [0.05, 0.1) is 13.1 Å². The Morgan fingerprint density at radius 3 is 2.55 bits per heavy atom. The van der Waals surface area contributed by atoms with E-state index in [2.05, 4.69) is 15.6 Å². The molecular formula is C37H43Cl2FN6O9S. The number of allylic oxidation sites excluding steroid dienone is 1. The lowest BCUT2D eigenvalue weighted by Crippen LogP contribution is -2.58. The van der Waals surface area contributed by atoms with Crippen molar-refractivity contribution in [3.05, 3.63) is 69.7 Å². The van der Waals surface area contributed by atoms with Gasteiger partial charge >= 0.3 is 12.2 Å². The molecule has 15 nitrogen and oxygen atoms in total. The van der Waals surface area contributed by atoms with E-state index in [0.717, 1.165) is 6.07 Å². The number of alkyl carbamates (subject to hydrolysis) is 1. The number of sulfonamides is 1. The lowest BCUT2D eigenvalue weighted by molar-refractivity contribution is -0.141. The van der Waals surface area contributed by atoms with Crippen LogP contribution in [-0.2, 0) is 47.0 Å². The van der Waals surface area contributed by atoms with Crippen molar-refractivity contribution in [3.63, 3.8) is 0 Å². The Morgan fingerprint density at radius 1 is 1.07 bits per heavy atom.